The molecule has 0 aliphatic carbocycles. The fraction of sp³-hybridized carbons (Fsp3) is 0.148. The van der Waals surface area contributed by atoms with E-state index in [0.717, 1.165) is 22.5 Å². The number of carbonyl (C=O) groups excluding carboxylic acids is 1. The lowest BCUT2D eigenvalue weighted by molar-refractivity contribution is -0.124. The highest BCUT2D eigenvalue weighted by atomic mass is 35.5. The largest absolute Gasteiger partial charge is 0.493 e. The minimum atomic E-state index is -3.88. The van der Waals surface area contributed by atoms with E-state index in [1.807, 2.05) is 30.5 Å². The number of rotatable bonds is 11. The summed E-state index contributed by atoms with van der Waals surface area (Å²) in [5.41, 5.74) is 4.04. The van der Waals surface area contributed by atoms with Gasteiger partial charge in [-0.05, 0) is 66.1 Å². The van der Waals surface area contributed by atoms with Crippen molar-refractivity contribution in [2.24, 2.45) is 0 Å². The molecular formula is C27H26ClN3O6S. The van der Waals surface area contributed by atoms with E-state index in [-0.39, 0.29) is 11.5 Å². The number of aromatic amines is 1. The van der Waals surface area contributed by atoms with Crippen LogP contribution in [0.4, 0.5) is 0 Å². The van der Waals surface area contributed by atoms with Gasteiger partial charge in [0, 0.05) is 28.2 Å². The summed E-state index contributed by atoms with van der Waals surface area (Å²) in [5.74, 6) is 0.117. The fourth-order valence-corrected chi connectivity index (χ4v) is 5.26. The Morgan fingerprint density at radius 2 is 1.87 bits per heavy atom. The number of aromatic nitrogens is 1. The number of H-pyrrole nitrogens is 1. The standard InChI is InChI=1S/C27H26ClN3O6S/c1-36-26-14-18(7-13-27(32)30-33)6-12-25(26)37-17-21(15-19-16-29-24-5-3-2-4-23(19)24)31-38(34,35)22-10-8-20(28)9-11-22/h2-14,16,21,29,31,33H,15,17H2,1H3,(H,30,32)/b13-7+/t21-/m0/s1. The molecule has 0 aliphatic rings. The minimum Gasteiger partial charge on any atom is -0.493 e. The zero-order valence-corrected chi connectivity index (χ0v) is 21.9. The predicted octanol–water partition coefficient (Wildman–Crippen LogP) is 4.32. The number of halogens is 1. The second-order valence-electron chi connectivity index (χ2n) is 8.37. The first-order valence-corrected chi connectivity index (χ1v) is 13.4. The van der Waals surface area contributed by atoms with Crippen molar-refractivity contribution in [3.8, 4) is 11.5 Å². The summed E-state index contributed by atoms with van der Waals surface area (Å²) in [6.07, 6.45) is 4.88. The van der Waals surface area contributed by atoms with E-state index in [2.05, 4.69) is 9.71 Å². The average Bonchev–Trinajstić information content (AvgIpc) is 3.33. The van der Waals surface area contributed by atoms with Gasteiger partial charge in [-0.3, -0.25) is 10.0 Å². The molecule has 1 atom stereocenters. The molecule has 0 aliphatic heterocycles. The highest BCUT2D eigenvalue weighted by Gasteiger charge is 2.23. The zero-order chi connectivity index (χ0) is 27.1. The van der Waals surface area contributed by atoms with E-state index >= 15 is 0 Å². The summed E-state index contributed by atoms with van der Waals surface area (Å²) in [6.45, 7) is 0.00475. The molecule has 3 aromatic carbocycles. The Morgan fingerprint density at radius 1 is 1.11 bits per heavy atom. The molecule has 0 fully saturated rings. The van der Waals surface area contributed by atoms with Crippen LogP contribution in [0.2, 0.25) is 5.02 Å². The Bertz CT molecular complexity index is 1550. The minimum absolute atomic E-state index is 0.00475. The Balaban J connectivity index is 1.58. The first-order chi connectivity index (χ1) is 18.3. The number of carbonyl (C=O) groups is 1. The molecule has 1 heterocycles. The molecule has 4 N–H and O–H groups in total. The number of hydrogen-bond donors (Lipinski definition) is 4. The van der Waals surface area contributed by atoms with Gasteiger partial charge in [0.05, 0.1) is 18.0 Å². The topological polar surface area (TPSA) is 130 Å². The molecule has 4 aromatic rings. The van der Waals surface area contributed by atoms with Crippen molar-refractivity contribution in [1.29, 1.82) is 0 Å². The second-order valence-corrected chi connectivity index (χ2v) is 10.5. The van der Waals surface area contributed by atoms with Crippen molar-refractivity contribution in [2.45, 2.75) is 17.4 Å². The molecular weight excluding hydrogens is 530 g/mol. The number of sulfonamides is 1. The van der Waals surface area contributed by atoms with Crippen molar-refractivity contribution < 1.29 is 27.9 Å². The summed E-state index contributed by atoms with van der Waals surface area (Å²) in [4.78, 5) is 14.6. The van der Waals surface area contributed by atoms with Crippen LogP contribution in [0.1, 0.15) is 11.1 Å². The molecule has 0 bridgehead atoms. The quantitative estimate of drug-likeness (QED) is 0.124. The maximum Gasteiger partial charge on any atom is 0.267 e. The highest BCUT2D eigenvalue weighted by Crippen LogP contribution is 2.29. The number of hydrogen-bond acceptors (Lipinski definition) is 6. The van der Waals surface area contributed by atoms with Crippen LogP contribution >= 0.6 is 11.6 Å². The van der Waals surface area contributed by atoms with Crippen LogP contribution in [0.15, 0.2) is 83.9 Å². The highest BCUT2D eigenvalue weighted by molar-refractivity contribution is 7.89. The van der Waals surface area contributed by atoms with Gasteiger partial charge in [0.1, 0.15) is 6.61 Å². The van der Waals surface area contributed by atoms with Gasteiger partial charge in [-0.1, -0.05) is 35.9 Å². The summed E-state index contributed by atoms with van der Waals surface area (Å²) >= 11 is 5.93. The lowest BCUT2D eigenvalue weighted by Gasteiger charge is -2.20. The third-order valence-corrected chi connectivity index (χ3v) is 7.54. The Kier molecular flexibility index (Phi) is 8.70. The molecule has 0 unspecified atom stereocenters. The fourth-order valence-electron chi connectivity index (χ4n) is 3.91. The van der Waals surface area contributed by atoms with Crippen LogP contribution in [-0.4, -0.2) is 44.3 Å². The van der Waals surface area contributed by atoms with Gasteiger partial charge >= 0.3 is 0 Å². The normalized spacial score (nSPS) is 12.5. The molecule has 38 heavy (non-hydrogen) atoms. The number of ether oxygens (including phenoxy) is 2. The number of benzene rings is 3. The van der Waals surface area contributed by atoms with Crippen LogP contribution in [0, 0.1) is 0 Å². The van der Waals surface area contributed by atoms with E-state index < -0.39 is 22.0 Å². The van der Waals surface area contributed by atoms with Crippen LogP contribution in [-0.2, 0) is 21.2 Å². The maximum absolute atomic E-state index is 13.2. The van der Waals surface area contributed by atoms with Crippen molar-refractivity contribution in [3.05, 3.63) is 95.2 Å². The SMILES string of the molecule is COc1cc(/C=C/C(=O)NO)ccc1OC[C@H](Cc1c[nH]c2ccccc12)NS(=O)(=O)c1ccc(Cl)cc1. The number of nitrogens with one attached hydrogen (secondary N) is 3. The first-order valence-electron chi connectivity index (χ1n) is 11.5. The van der Waals surface area contributed by atoms with Gasteiger partial charge in [0.25, 0.3) is 5.91 Å². The van der Waals surface area contributed by atoms with E-state index in [1.54, 1.807) is 18.2 Å². The summed E-state index contributed by atoms with van der Waals surface area (Å²) < 4.78 is 40.6. The average molecular weight is 556 g/mol. The number of fused-ring (bicyclic) bond motifs is 1. The predicted molar refractivity (Wildman–Crippen MR) is 145 cm³/mol. The number of amides is 1. The third-order valence-electron chi connectivity index (χ3n) is 5.75. The third kappa shape index (κ3) is 6.73. The van der Waals surface area contributed by atoms with Crippen LogP contribution in [0.5, 0.6) is 11.5 Å². The molecule has 9 nitrogen and oxygen atoms in total. The molecule has 198 valence electrons. The Morgan fingerprint density at radius 3 is 2.61 bits per heavy atom. The Labute approximate surface area is 225 Å². The van der Waals surface area contributed by atoms with E-state index in [4.69, 9.17) is 26.3 Å². The van der Waals surface area contributed by atoms with Gasteiger partial charge in [-0.2, -0.15) is 0 Å². The van der Waals surface area contributed by atoms with Gasteiger partial charge in [0.2, 0.25) is 10.0 Å². The van der Waals surface area contributed by atoms with Gasteiger partial charge in [-0.15, -0.1) is 0 Å². The Hall–Kier alpha value is -3.83. The molecule has 1 amide bonds. The van der Waals surface area contributed by atoms with Crippen LogP contribution in [0.25, 0.3) is 17.0 Å². The van der Waals surface area contributed by atoms with Crippen molar-refractivity contribution >= 4 is 44.5 Å². The van der Waals surface area contributed by atoms with E-state index in [0.29, 0.717) is 28.5 Å². The van der Waals surface area contributed by atoms with Gasteiger partial charge in [-0.25, -0.2) is 18.6 Å². The van der Waals surface area contributed by atoms with Crippen molar-refractivity contribution in [3.63, 3.8) is 0 Å². The molecule has 0 radical (unpaired) electrons. The molecule has 1 aromatic heterocycles. The number of methoxy groups -OCH3 is 1. The maximum atomic E-state index is 13.2. The van der Waals surface area contributed by atoms with Crippen molar-refractivity contribution in [1.82, 2.24) is 15.2 Å². The van der Waals surface area contributed by atoms with E-state index in [1.165, 1.54) is 42.9 Å². The zero-order valence-electron chi connectivity index (χ0n) is 20.3. The van der Waals surface area contributed by atoms with Gasteiger partial charge < -0.3 is 14.5 Å². The summed E-state index contributed by atoms with van der Waals surface area (Å²) in [6, 6.07) is 18.1. The summed E-state index contributed by atoms with van der Waals surface area (Å²) in [5, 5.41) is 10.1. The molecule has 4 rings (SSSR count). The van der Waals surface area contributed by atoms with Gasteiger partial charge in [0.15, 0.2) is 11.5 Å². The lowest BCUT2D eigenvalue weighted by atomic mass is 10.1. The molecule has 0 saturated carbocycles. The smallest absolute Gasteiger partial charge is 0.267 e. The lowest BCUT2D eigenvalue weighted by Crippen LogP contribution is -2.40. The number of hydroxylamine groups is 1. The molecule has 11 heteroatoms. The molecule has 0 saturated heterocycles. The second kappa shape index (κ2) is 12.1. The van der Waals surface area contributed by atoms with Crippen molar-refractivity contribution in [2.75, 3.05) is 13.7 Å². The van der Waals surface area contributed by atoms with Crippen LogP contribution in [0.3, 0.4) is 0 Å². The summed E-state index contributed by atoms with van der Waals surface area (Å²) in [7, 11) is -2.40. The van der Waals surface area contributed by atoms with Crippen LogP contribution < -0.4 is 19.7 Å². The monoisotopic (exact) mass is 555 g/mol. The molecule has 0 spiro atoms. The first kappa shape index (κ1) is 27.2. The van der Waals surface area contributed by atoms with E-state index in [9.17, 15) is 13.2 Å². The number of para-hydroxylation sites is 1.